The highest BCUT2D eigenvalue weighted by Gasteiger charge is 2.29. The Morgan fingerprint density at radius 1 is 1.00 bits per heavy atom. The van der Waals surface area contributed by atoms with E-state index in [4.69, 9.17) is 27.9 Å². The number of halogens is 4. The summed E-state index contributed by atoms with van der Waals surface area (Å²) < 4.78 is 58.9. The highest BCUT2D eigenvalue weighted by molar-refractivity contribution is 7.91. The molecule has 3 aromatic carbocycles. The smallest absolute Gasteiger partial charge is 0.228 e. The third kappa shape index (κ3) is 6.51. The van der Waals surface area contributed by atoms with Crippen molar-refractivity contribution in [3.63, 3.8) is 0 Å². The van der Waals surface area contributed by atoms with Crippen LogP contribution in [0.4, 0.5) is 14.5 Å². The zero-order chi connectivity index (χ0) is 26.0. The normalized spacial score (nSPS) is 11.9. The maximum absolute atomic E-state index is 14.8. The van der Waals surface area contributed by atoms with Crippen molar-refractivity contribution in [1.82, 2.24) is 0 Å². The summed E-state index contributed by atoms with van der Waals surface area (Å²) in [5.74, 6) is -3.20. The van der Waals surface area contributed by atoms with Crippen molar-refractivity contribution in [3.05, 3.63) is 87.4 Å². The molecule has 0 atom stereocenters. The van der Waals surface area contributed by atoms with Gasteiger partial charge in [-0.2, -0.15) is 0 Å². The minimum absolute atomic E-state index is 0.0341. The highest BCUT2D eigenvalue weighted by atomic mass is 35.5. The van der Waals surface area contributed by atoms with E-state index in [-0.39, 0.29) is 27.8 Å². The highest BCUT2D eigenvalue weighted by Crippen LogP contribution is 2.36. The summed E-state index contributed by atoms with van der Waals surface area (Å²) in [5, 5.41) is 3.13. The molecule has 1 N–H and O–H groups in total. The lowest BCUT2D eigenvalue weighted by Gasteiger charge is -2.28. The molecule has 0 fully saturated rings. The van der Waals surface area contributed by atoms with Crippen molar-refractivity contribution in [2.75, 3.05) is 11.1 Å². The van der Waals surface area contributed by atoms with Crippen LogP contribution in [0.15, 0.2) is 59.5 Å². The largest absolute Gasteiger partial charge is 0.477 e. The van der Waals surface area contributed by atoms with E-state index in [9.17, 15) is 22.0 Å². The van der Waals surface area contributed by atoms with Crippen LogP contribution < -0.4 is 10.1 Å². The number of carbonyl (C=O) groups is 1. The Balaban J connectivity index is 1.73. The number of sulfone groups is 1. The van der Waals surface area contributed by atoms with E-state index in [1.807, 2.05) is 0 Å². The number of benzene rings is 3. The maximum Gasteiger partial charge on any atom is 0.228 e. The van der Waals surface area contributed by atoms with E-state index in [0.29, 0.717) is 16.1 Å². The van der Waals surface area contributed by atoms with E-state index < -0.39 is 38.7 Å². The second-order valence-electron chi connectivity index (χ2n) is 8.28. The first-order valence-corrected chi connectivity index (χ1v) is 13.0. The number of rotatable bonds is 8. The average Bonchev–Trinajstić information content (AvgIpc) is 2.76. The molecule has 0 heterocycles. The van der Waals surface area contributed by atoms with Gasteiger partial charge in [-0.15, -0.1) is 0 Å². The molecule has 186 valence electrons. The third-order valence-corrected chi connectivity index (χ3v) is 7.54. The Bertz CT molecular complexity index is 1340. The Kier molecular flexibility index (Phi) is 8.09. The second-order valence-corrected chi connectivity index (χ2v) is 11.4. The number of amides is 1. The topological polar surface area (TPSA) is 72.5 Å². The average molecular weight is 542 g/mol. The maximum atomic E-state index is 14.8. The predicted octanol–water partition coefficient (Wildman–Crippen LogP) is 6.56. The van der Waals surface area contributed by atoms with Crippen molar-refractivity contribution in [2.24, 2.45) is 0 Å². The second kappa shape index (κ2) is 10.5. The van der Waals surface area contributed by atoms with Gasteiger partial charge in [0.25, 0.3) is 0 Å². The molecule has 3 aromatic rings. The van der Waals surface area contributed by atoms with Gasteiger partial charge in [0.1, 0.15) is 5.60 Å². The number of anilines is 1. The molecule has 0 spiro atoms. The minimum Gasteiger partial charge on any atom is -0.477 e. The molecule has 0 radical (unpaired) electrons. The summed E-state index contributed by atoms with van der Waals surface area (Å²) in [7, 11) is -3.35. The molecule has 0 saturated heterocycles. The fourth-order valence-electron chi connectivity index (χ4n) is 3.39. The summed E-state index contributed by atoms with van der Waals surface area (Å²) in [4.78, 5) is 12.5. The van der Waals surface area contributed by atoms with E-state index in [1.165, 1.54) is 30.3 Å². The first-order chi connectivity index (χ1) is 16.3. The fraction of sp³-hybridized carbons (Fsp3) is 0.240. The van der Waals surface area contributed by atoms with Gasteiger partial charge in [0, 0.05) is 33.4 Å². The molecule has 35 heavy (non-hydrogen) atoms. The zero-order valence-electron chi connectivity index (χ0n) is 19.2. The first kappa shape index (κ1) is 26.9. The monoisotopic (exact) mass is 541 g/mol. The quantitative estimate of drug-likeness (QED) is 0.350. The number of hydrogen-bond acceptors (Lipinski definition) is 4. The van der Waals surface area contributed by atoms with Crippen LogP contribution in [0.25, 0.3) is 0 Å². The minimum atomic E-state index is -3.35. The Hall–Kier alpha value is -2.68. The molecular formula is C25H23Cl2F2NO4S. The van der Waals surface area contributed by atoms with E-state index in [1.54, 1.807) is 32.9 Å². The van der Waals surface area contributed by atoms with Crippen LogP contribution in [-0.2, 0) is 26.7 Å². The molecule has 5 nitrogen and oxygen atoms in total. The van der Waals surface area contributed by atoms with Gasteiger partial charge >= 0.3 is 0 Å². The molecule has 0 bridgehead atoms. The first-order valence-electron chi connectivity index (χ1n) is 10.6. The van der Waals surface area contributed by atoms with E-state index in [2.05, 4.69) is 5.32 Å². The summed E-state index contributed by atoms with van der Waals surface area (Å²) in [6.07, 6.45) is -0.115. The molecular weight excluding hydrogens is 519 g/mol. The van der Waals surface area contributed by atoms with Gasteiger partial charge in [0.15, 0.2) is 27.2 Å². The van der Waals surface area contributed by atoms with Crippen LogP contribution in [0, 0.1) is 11.6 Å². The Morgan fingerprint density at radius 2 is 1.60 bits per heavy atom. The van der Waals surface area contributed by atoms with Crippen molar-refractivity contribution in [3.8, 4) is 5.75 Å². The van der Waals surface area contributed by atoms with Crippen LogP contribution in [0.5, 0.6) is 5.75 Å². The molecule has 0 unspecified atom stereocenters. The van der Waals surface area contributed by atoms with Crippen LogP contribution in [0.3, 0.4) is 0 Å². The van der Waals surface area contributed by atoms with Gasteiger partial charge < -0.3 is 10.1 Å². The molecule has 0 saturated carbocycles. The van der Waals surface area contributed by atoms with E-state index in [0.717, 1.165) is 12.1 Å². The Labute approximate surface area is 212 Å². The van der Waals surface area contributed by atoms with Crippen molar-refractivity contribution < 1.29 is 26.7 Å². The number of nitrogens with one attached hydrogen (secondary N) is 1. The van der Waals surface area contributed by atoms with Crippen LogP contribution in [0.2, 0.25) is 10.0 Å². The number of hydrogen-bond donors (Lipinski definition) is 1. The molecule has 10 heteroatoms. The third-order valence-electron chi connectivity index (χ3n) is 5.25. The van der Waals surface area contributed by atoms with Gasteiger partial charge in [-0.05, 0) is 43.7 Å². The fourth-order valence-corrected chi connectivity index (χ4v) is 4.91. The number of carbonyl (C=O) groups excluding carboxylic acids is 1. The summed E-state index contributed by atoms with van der Waals surface area (Å²) >= 11 is 12.1. The van der Waals surface area contributed by atoms with Gasteiger partial charge in [0.05, 0.1) is 17.1 Å². The van der Waals surface area contributed by atoms with Crippen molar-refractivity contribution >= 4 is 44.6 Å². The molecule has 0 aliphatic carbocycles. The summed E-state index contributed by atoms with van der Waals surface area (Å²) in [6.45, 7) is 4.75. The van der Waals surface area contributed by atoms with Gasteiger partial charge in [-0.1, -0.05) is 48.3 Å². The summed E-state index contributed by atoms with van der Waals surface area (Å²) in [6, 6.07) is 12.5. The lowest BCUT2D eigenvalue weighted by Crippen LogP contribution is -2.27. The van der Waals surface area contributed by atoms with Gasteiger partial charge in [-0.3, -0.25) is 4.79 Å². The molecule has 3 rings (SSSR count). The predicted molar refractivity (Wildman–Crippen MR) is 133 cm³/mol. The van der Waals surface area contributed by atoms with Crippen molar-refractivity contribution in [1.29, 1.82) is 0 Å². The lowest BCUT2D eigenvalue weighted by molar-refractivity contribution is -0.115. The van der Waals surface area contributed by atoms with Crippen LogP contribution in [-0.4, -0.2) is 20.1 Å². The Morgan fingerprint density at radius 3 is 2.14 bits per heavy atom. The zero-order valence-corrected chi connectivity index (χ0v) is 21.5. The van der Waals surface area contributed by atoms with Crippen LogP contribution in [0.1, 0.15) is 31.9 Å². The van der Waals surface area contributed by atoms with Crippen LogP contribution >= 0.6 is 23.2 Å². The lowest BCUT2D eigenvalue weighted by atomic mass is 9.98. The van der Waals surface area contributed by atoms with Crippen molar-refractivity contribution in [2.45, 2.75) is 37.7 Å². The molecule has 0 aliphatic heterocycles. The van der Waals surface area contributed by atoms with E-state index >= 15 is 0 Å². The molecule has 1 amide bonds. The standard InChI is InChI=1S/C25H23Cl2F2NO4S/c1-4-35(32,33)18-8-5-15(6-9-18)11-23(31)30-17-13-21(28)24(22(29)14-17)34-25(2,3)19-10-7-16(26)12-20(19)27/h5-10,12-14H,4,11H2,1-3H3,(H,30,31). The van der Waals surface area contributed by atoms with Gasteiger partial charge in [0.2, 0.25) is 5.91 Å². The SMILES string of the molecule is CCS(=O)(=O)c1ccc(CC(=O)Nc2cc(F)c(OC(C)(C)c3ccc(Cl)cc3Cl)c(F)c2)cc1. The number of ether oxygens (including phenoxy) is 1. The summed E-state index contributed by atoms with van der Waals surface area (Å²) in [5.41, 5.74) is -0.256. The molecule has 0 aromatic heterocycles. The molecule has 0 aliphatic rings. The van der Waals surface area contributed by atoms with Gasteiger partial charge in [-0.25, -0.2) is 17.2 Å².